The van der Waals surface area contributed by atoms with Crippen LogP contribution in [-0.2, 0) is 11.2 Å². The Labute approximate surface area is 124 Å². The van der Waals surface area contributed by atoms with E-state index in [0.29, 0.717) is 6.54 Å². The molecule has 1 aromatic rings. The van der Waals surface area contributed by atoms with Gasteiger partial charge in [0, 0.05) is 31.1 Å². The van der Waals surface area contributed by atoms with Gasteiger partial charge in [-0.25, -0.2) is 4.98 Å². The molecular weight excluding hydrogens is 293 g/mol. The topological polar surface area (TPSA) is 54.0 Å². The quantitative estimate of drug-likeness (QED) is 0.889. The Hall–Kier alpha value is -0.360. The lowest BCUT2D eigenvalue weighted by atomic mass is 9.99. The van der Waals surface area contributed by atoms with E-state index >= 15 is 0 Å². The molecule has 1 aromatic heterocycles. The summed E-state index contributed by atoms with van der Waals surface area (Å²) in [5.41, 5.74) is 0. The van der Waals surface area contributed by atoms with Crippen molar-refractivity contribution in [3.63, 3.8) is 0 Å². The largest absolute Gasteiger partial charge is 0.355 e. The zero-order chi connectivity index (χ0) is 11.2. The zero-order valence-electron chi connectivity index (χ0n) is 10.1. The molecule has 0 aliphatic carbocycles. The molecule has 0 radical (unpaired) electrons. The van der Waals surface area contributed by atoms with E-state index in [4.69, 9.17) is 0 Å². The van der Waals surface area contributed by atoms with Crippen molar-refractivity contribution in [1.29, 1.82) is 0 Å². The van der Waals surface area contributed by atoms with E-state index in [2.05, 4.69) is 15.6 Å². The molecule has 7 heteroatoms. The summed E-state index contributed by atoms with van der Waals surface area (Å²) in [6.45, 7) is 2.56. The van der Waals surface area contributed by atoms with Crippen molar-refractivity contribution in [2.45, 2.75) is 19.3 Å². The third-order valence-corrected chi connectivity index (χ3v) is 3.63. The van der Waals surface area contributed by atoms with Crippen LogP contribution in [-0.4, -0.2) is 30.5 Å². The Balaban J connectivity index is 0.00000144. The summed E-state index contributed by atoms with van der Waals surface area (Å²) in [6, 6.07) is 0. The second kappa shape index (κ2) is 9.55. The Morgan fingerprint density at radius 2 is 2.39 bits per heavy atom. The third-order valence-electron chi connectivity index (χ3n) is 2.79. The Bertz CT molecular complexity index is 329. The van der Waals surface area contributed by atoms with Crippen LogP contribution in [0, 0.1) is 5.92 Å². The lowest BCUT2D eigenvalue weighted by Crippen LogP contribution is -2.41. The minimum Gasteiger partial charge on any atom is -0.355 e. The van der Waals surface area contributed by atoms with Gasteiger partial charge in [-0.1, -0.05) is 0 Å². The summed E-state index contributed by atoms with van der Waals surface area (Å²) in [5.74, 6) is 0.341. The maximum absolute atomic E-state index is 11.8. The number of aromatic nitrogens is 1. The highest BCUT2D eigenvalue weighted by Crippen LogP contribution is 2.09. The van der Waals surface area contributed by atoms with Crippen molar-refractivity contribution in [3.05, 3.63) is 16.6 Å². The van der Waals surface area contributed by atoms with Crippen LogP contribution in [0.15, 0.2) is 11.6 Å². The highest BCUT2D eigenvalue weighted by atomic mass is 35.5. The van der Waals surface area contributed by atoms with Gasteiger partial charge in [0.15, 0.2) is 0 Å². The summed E-state index contributed by atoms with van der Waals surface area (Å²) in [7, 11) is 0. The first kappa shape index (κ1) is 17.6. The zero-order valence-corrected chi connectivity index (χ0v) is 12.5. The van der Waals surface area contributed by atoms with Crippen molar-refractivity contribution in [3.8, 4) is 0 Å². The lowest BCUT2D eigenvalue weighted by Gasteiger charge is -2.21. The van der Waals surface area contributed by atoms with Gasteiger partial charge in [0.2, 0.25) is 5.91 Å². The second-order valence-electron chi connectivity index (χ2n) is 4.01. The average Bonchev–Trinajstić information content (AvgIpc) is 2.83. The van der Waals surface area contributed by atoms with Gasteiger partial charge in [0.05, 0.1) is 10.9 Å². The molecule has 1 aliphatic rings. The van der Waals surface area contributed by atoms with E-state index in [-0.39, 0.29) is 36.6 Å². The van der Waals surface area contributed by atoms with Crippen LogP contribution in [0.2, 0.25) is 0 Å². The number of carbonyl (C=O) groups is 1. The van der Waals surface area contributed by atoms with Crippen LogP contribution in [0.1, 0.15) is 17.8 Å². The fourth-order valence-electron chi connectivity index (χ4n) is 1.89. The molecule has 2 heterocycles. The third kappa shape index (κ3) is 5.52. The van der Waals surface area contributed by atoms with Crippen LogP contribution in [0.25, 0.3) is 0 Å². The second-order valence-corrected chi connectivity index (χ2v) is 4.99. The molecule has 0 bridgehead atoms. The fraction of sp³-hybridized carbons (Fsp3) is 0.636. The van der Waals surface area contributed by atoms with Crippen LogP contribution >= 0.6 is 36.2 Å². The molecule has 4 nitrogen and oxygen atoms in total. The predicted molar refractivity (Wildman–Crippen MR) is 78.9 cm³/mol. The molecule has 2 N–H and O–H groups in total. The standard InChI is InChI=1S/C11H17N3OS.2ClH/c15-11(9-2-1-4-12-8-9)14-5-3-10-13-6-7-16-10;;/h6-7,9,12H,1-5,8H2,(H,14,15);2*1H/t9-;;/m1../s1. The maximum Gasteiger partial charge on any atom is 0.224 e. The van der Waals surface area contributed by atoms with Crippen molar-refractivity contribution >= 4 is 42.1 Å². The van der Waals surface area contributed by atoms with E-state index in [1.165, 1.54) is 0 Å². The van der Waals surface area contributed by atoms with Gasteiger partial charge >= 0.3 is 0 Å². The van der Waals surface area contributed by atoms with Crippen LogP contribution in [0.3, 0.4) is 0 Å². The summed E-state index contributed by atoms with van der Waals surface area (Å²) < 4.78 is 0. The van der Waals surface area contributed by atoms with Crippen LogP contribution in [0.4, 0.5) is 0 Å². The monoisotopic (exact) mass is 311 g/mol. The van der Waals surface area contributed by atoms with Crippen LogP contribution in [0.5, 0.6) is 0 Å². The van der Waals surface area contributed by atoms with Gasteiger partial charge in [-0.15, -0.1) is 36.2 Å². The number of thiazole rings is 1. The minimum absolute atomic E-state index is 0. The van der Waals surface area contributed by atoms with Crippen molar-refractivity contribution in [1.82, 2.24) is 15.6 Å². The Morgan fingerprint density at radius 3 is 3.00 bits per heavy atom. The average molecular weight is 312 g/mol. The van der Waals surface area contributed by atoms with Gasteiger partial charge in [0.25, 0.3) is 0 Å². The highest BCUT2D eigenvalue weighted by Gasteiger charge is 2.20. The number of nitrogens with one attached hydrogen (secondary N) is 2. The van der Waals surface area contributed by atoms with E-state index in [1.807, 2.05) is 5.38 Å². The molecule has 0 unspecified atom stereocenters. The molecule has 2 rings (SSSR count). The number of hydrogen-bond acceptors (Lipinski definition) is 4. The van der Waals surface area contributed by atoms with Gasteiger partial charge in [-0.2, -0.15) is 0 Å². The number of rotatable bonds is 4. The van der Waals surface area contributed by atoms with Gasteiger partial charge in [-0.05, 0) is 19.4 Å². The number of piperidine rings is 1. The van der Waals surface area contributed by atoms with E-state index < -0.39 is 0 Å². The number of amides is 1. The van der Waals surface area contributed by atoms with Crippen LogP contribution < -0.4 is 10.6 Å². The number of hydrogen-bond donors (Lipinski definition) is 2. The molecule has 1 aliphatic heterocycles. The van der Waals surface area contributed by atoms with Gasteiger partial charge in [0.1, 0.15) is 0 Å². The number of nitrogens with zero attached hydrogens (tertiary/aromatic N) is 1. The fourth-order valence-corrected chi connectivity index (χ4v) is 2.51. The first-order chi connectivity index (χ1) is 7.86. The predicted octanol–water partition coefficient (Wildman–Crippen LogP) is 1.65. The van der Waals surface area contributed by atoms with E-state index in [1.54, 1.807) is 17.5 Å². The molecule has 1 amide bonds. The summed E-state index contributed by atoms with van der Waals surface area (Å²) in [6.07, 6.45) is 4.75. The normalized spacial score (nSPS) is 18.3. The SMILES string of the molecule is Cl.Cl.O=C(NCCc1nccs1)[C@@H]1CCCNC1. The number of halogens is 2. The first-order valence-corrected chi connectivity index (χ1v) is 6.61. The molecule has 1 atom stereocenters. The van der Waals surface area contributed by atoms with E-state index in [9.17, 15) is 4.79 Å². The molecule has 104 valence electrons. The Kier molecular flexibility index (Phi) is 9.36. The first-order valence-electron chi connectivity index (χ1n) is 5.73. The summed E-state index contributed by atoms with van der Waals surface area (Å²) >= 11 is 1.64. The summed E-state index contributed by atoms with van der Waals surface area (Å²) in [4.78, 5) is 15.9. The van der Waals surface area contributed by atoms with Gasteiger partial charge in [-0.3, -0.25) is 4.79 Å². The molecule has 0 aromatic carbocycles. The molecule has 0 spiro atoms. The smallest absolute Gasteiger partial charge is 0.224 e. The molecule has 18 heavy (non-hydrogen) atoms. The van der Waals surface area contributed by atoms with Crippen molar-refractivity contribution in [2.24, 2.45) is 5.92 Å². The van der Waals surface area contributed by atoms with Crippen molar-refractivity contribution < 1.29 is 4.79 Å². The minimum atomic E-state index is 0. The molecule has 1 fully saturated rings. The lowest BCUT2D eigenvalue weighted by molar-refractivity contribution is -0.125. The van der Waals surface area contributed by atoms with E-state index in [0.717, 1.165) is 37.4 Å². The number of carbonyl (C=O) groups excluding carboxylic acids is 1. The van der Waals surface area contributed by atoms with Crippen molar-refractivity contribution in [2.75, 3.05) is 19.6 Å². The highest BCUT2D eigenvalue weighted by molar-refractivity contribution is 7.09. The molecule has 0 saturated carbocycles. The summed E-state index contributed by atoms with van der Waals surface area (Å²) in [5, 5.41) is 9.27. The van der Waals surface area contributed by atoms with Gasteiger partial charge < -0.3 is 10.6 Å². The maximum atomic E-state index is 11.8. The Morgan fingerprint density at radius 1 is 1.56 bits per heavy atom. The molecular formula is C11H19Cl2N3OS. The molecule has 1 saturated heterocycles.